The van der Waals surface area contributed by atoms with Crippen LogP contribution >= 0.6 is 22.9 Å². The summed E-state index contributed by atoms with van der Waals surface area (Å²) in [4.78, 5) is 0.295. The van der Waals surface area contributed by atoms with Crippen molar-refractivity contribution in [1.82, 2.24) is 10.6 Å². The lowest BCUT2D eigenvalue weighted by atomic mass is 10.0. The molecule has 0 fully saturated rings. The fourth-order valence-electron chi connectivity index (χ4n) is 3.77. The molecular weight excluding hydrogens is 658 g/mol. The number of benzene rings is 2. The SMILES string of the molecule is Cc1ccc(S(=O)(=O)O)cc1.Cc1ccc(S(=O)(=O)O)cc1.FC1=C(C2=CCNCC2)NC(OCc2sc(Cl)cc2F)C=C1. The Morgan fingerprint density at radius 2 is 1.50 bits per heavy atom. The van der Waals surface area contributed by atoms with Crippen molar-refractivity contribution in [1.29, 1.82) is 0 Å². The van der Waals surface area contributed by atoms with E-state index in [9.17, 15) is 25.6 Å². The Morgan fingerprint density at radius 1 is 0.955 bits per heavy atom. The molecule has 5 rings (SSSR count). The van der Waals surface area contributed by atoms with Crippen LogP contribution in [0.5, 0.6) is 0 Å². The Balaban J connectivity index is 0.000000202. The second-order valence-corrected chi connectivity index (χ2v) is 14.2. The van der Waals surface area contributed by atoms with Crippen LogP contribution < -0.4 is 10.6 Å². The Morgan fingerprint density at radius 3 is 1.93 bits per heavy atom. The first-order valence-electron chi connectivity index (χ1n) is 13.0. The zero-order chi connectivity index (χ0) is 32.5. The lowest BCUT2D eigenvalue weighted by molar-refractivity contribution is 0.0551. The van der Waals surface area contributed by atoms with Crippen LogP contribution in [0.3, 0.4) is 0 Å². The van der Waals surface area contributed by atoms with E-state index in [1.807, 2.05) is 19.9 Å². The predicted octanol–water partition coefficient (Wildman–Crippen LogP) is 6.13. The number of rotatable bonds is 6. The summed E-state index contributed by atoms with van der Waals surface area (Å²) in [5.41, 5.74) is 3.30. The van der Waals surface area contributed by atoms with Crippen LogP contribution in [0.2, 0.25) is 4.34 Å². The highest BCUT2D eigenvalue weighted by molar-refractivity contribution is 7.86. The van der Waals surface area contributed by atoms with Gasteiger partial charge in [0.15, 0.2) is 0 Å². The van der Waals surface area contributed by atoms with Gasteiger partial charge in [-0.15, -0.1) is 11.3 Å². The van der Waals surface area contributed by atoms with Crippen molar-refractivity contribution in [2.75, 3.05) is 13.1 Å². The van der Waals surface area contributed by atoms with Crippen LogP contribution in [0, 0.1) is 19.7 Å². The van der Waals surface area contributed by atoms with Gasteiger partial charge in [-0.25, -0.2) is 8.78 Å². The molecule has 0 aliphatic carbocycles. The van der Waals surface area contributed by atoms with E-state index in [2.05, 4.69) is 10.6 Å². The van der Waals surface area contributed by atoms with Crippen molar-refractivity contribution in [3.05, 3.63) is 116 Å². The topological polar surface area (TPSA) is 142 Å². The van der Waals surface area contributed by atoms with Gasteiger partial charge in [-0.2, -0.15) is 16.8 Å². The number of aryl methyl sites for hydroxylation is 2. The molecule has 0 spiro atoms. The molecule has 1 aromatic heterocycles. The van der Waals surface area contributed by atoms with E-state index in [4.69, 9.17) is 25.4 Å². The quantitative estimate of drug-likeness (QED) is 0.225. The molecule has 3 aromatic rings. The smallest absolute Gasteiger partial charge is 0.294 e. The molecule has 44 heavy (non-hydrogen) atoms. The molecular formula is C29H31ClF2N2O7S3. The number of hydrogen-bond acceptors (Lipinski definition) is 8. The third kappa shape index (κ3) is 11.2. The molecule has 2 aromatic carbocycles. The maximum absolute atomic E-state index is 14.0. The number of thiophene rings is 1. The summed E-state index contributed by atoms with van der Waals surface area (Å²) in [7, 11) is -8.04. The van der Waals surface area contributed by atoms with E-state index in [0.29, 0.717) is 14.9 Å². The molecule has 0 saturated carbocycles. The number of ether oxygens (including phenoxy) is 1. The Hall–Kier alpha value is -2.95. The van der Waals surface area contributed by atoms with Gasteiger partial charge in [0.1, 0.15) is 17.9 Å². The van der Waals surface area contributed by atoms with Gasteiger partial charge < -0.3 is 15.4 Å². The fourth-order valence-corrected chi connectivity index (χ4v) is 5.78. The van der Waals surface area contributed by atoms with Gasteiger partial charge in [-0.3, -0.25) is 9.11 Å². The molecule has 15 heteroatoms. The number of dihydropyridines is 1. The first-order chi connectivity index (χ1) is 20.6. The number of nitrogens with one attached hydrogen (secondary N) is 2. The Bertz CT molecular complexity index is 1660. The van der Waals surface area contributed by atoms with E-state index < -0.39 is 26.5 Å². The molecule has 4 N–H and O–H groups in total. The number of allylic oxidation sites excluding steroid dienone is 3. The second-order valence-electron chi connectivity index (χ2n) is 9.54. The standard InChI is InChI=1S/C15H15ClF2N2OS.2C7H8O3S/c16-13-7-11(18)12(22-13)8-21-14-2-1-10(17)15(20-14)9-3-5-19-6-4-9;2*1-6-2-4-7(5-3-6)11(8,9)10/h1-3,7,14,19-20H,4-6,8H2;2*2-5H,1H3,(H,8,9,10). The summed E-state index contributed by atoms with van der Waals surface area (Å²) in [5.74, 6) is -0.684. The first kappa shape index (κ1) is 35.5. The molecule has 0 radical (unpaired) electrons. The van der Waals surface area contributed by atoms with Crippen molar-refractivity contribution < 1.29 is 39.5 Å². The average molecular weight is 689 g/mol. The van der Waals surface area contributed by atoms with Crippen molar-refractivity contribution in [3.8, 4) is 0 Å². The summed E-state index contributed by atoms with van der Waals surface area (Å²) in [6, 6.07) is 13.2. The minimum atomic E-state index is -4.02. The van der Waals surface area contributed by atoms with Crippen molar-refractivity contribution in [2.24, 2.45) is 0 Å². The predicted molar refractivity (Wildman–Crippen MR) is 166 cm³/mol. The van der Waals surface area contributed by atoms with E-state index in [0.717, 1.165) is 47.5 Å². The lowest BCUT2D eigenvalue weighted by Gasteiger charge is -2.26. The third-order valence-electron chi connectivity index (χ3n) is 6.09. The van der Waals surface area contributed by atoms with Gasteiger partial charge in [0.2, 0.25) is 0 Å². The van der Waals surface area contributed by atoms with Gasteiger partial charge >= 0.3 is 0 Å². The van der Waals surface area contributed by atoms with Gasteiger partial charge in [0.05, 0.1) is 31.3 Å². The Labute approximate surface area is 264 Å². The molecule has 0 bridgehead atoms. The third-order valence-corrected chi connectivity index (χ3v) is 9.04. The van der Waals surface area contributed by atoms with Crippen molar-refractivity contribution in [2.45, 2.75) is 42.9 Å². The monoisotopic (exact) mass is 688 g/mol. The van der Waals surface area contributed by atoms with Gasteiger partial charge in [0, 0.05) is 12.6 Å². The molecule has 0 saturated heterocycles. The van der Waals surface area contributed by atoms with E-state index in [1.165, 1.54) is 36.4 Å². The lowest BCUT2D eigenvalue weighted by Crippen LogP contribution is -2.34. The average Bonchev–Trinajstić information content (AvgIpc) is 3.29. The molecule has 9 nitrogen and oxygen atoms in total. The number of halogens is 3. The van der Waals surface area contributed by atoms with Crippen LogP contribution in [0.4, 0.5) is 8.78 Å². The van der Waals surface area contributed by atoms with Crippen LogP contribution in [0.1, 0.15) is 22.4 Å². The normalized spacial score (nSPS) is 16.6. The minimum Gasteiger partial charge on any atom is -0.354 e. The Kier molecular flexibility index (Phi) is 12.8. The van der Waals surface area contributed by atoms with Crippen LogP contribution in [-0.2, 0) is 31.6 Å². The molecule has 238 valence electrons. The van der Waals surface area contributed by atoms with Gasteiger partial charge in [-0.1, -0.05) is 53.1 Å². The second kappa shape index (κ2) is 15.9. The molecule has 0 amide bonds. The molecule has 3 heterocycles. The van der Waals surface area contributed by atoms with Crippen LogP contribution in [0.15, 0.2) is 99.7 Å². The van der Waals surface area contributed by atoms with Crippen molar-refractivity contribution >= 4 is 43.2 Å². The maximum atomic E-state index is 14.0. The van der Waals surface area contributed by atoms with Gasteiger partial charge in [0.25, 0.3) is 20.2 Å². The maximum Gasteiger partial charge on any atom is 0.294 e. The zero-order valence-electron chi connectivity index (χ0n) is 23.6. The number of hydrogen-bond donors (Lipinski definition) is 4. The van der Waals surface area contributed by atoms with E-state index in [-0.39, 0.29) is 28.0 Å². The zero-order valence-corrected chi connectivity index (χ0v) is 26.8. The summed E-state index contributed by atoms with van der Waals surface area (Å²) in [5, 5.41) is 6.20. The van der Waals surface area contributed by atoms with Crippen molar-refractivity contribution in [3.63, 3.8) is 0 Å². The molecule has 2 aliphatic rings. The summed E-state index contributed by atoms with van der Waals surface area (Å²) < 4.78 is 92.6. The largest absolute Gasteiger partial charge is 0.354 e. The fraction of sp³-hybridized carbons (Fsp3) is 0.241. The van der Waals surface area contributed by atoms with Crippen LogP contribution in [0.25, 0.3) is 0 Å². The highest BCUT2D eigenvalue weighted by atomic mass is 35.5. The molecule has 2 aliphatic heterocycles. The first-order valence-corrected chi connectivity index (χ1v) is 17.1. The van der Waals surface area contributed by atoms with Crippen LogP contribution in [-0.4, -0.2) is 45.3 Å². The van der Waals surface area contributed by atoms with E-state index >= 15 is 0 Å². The van der Waals surface area contributed by atoms with E-state index in [1.54, 1.807) is 30.3 Å². The molecule has 1 atom stereocenters. The molecule has 1 unspecified atom stereocenters. The highest BCUT2D eigenvalue weighted by Crippen LogP contribution is 2.28. The summed E-state index contributed by atoms with van der Waals surface area (Å²) >= 11 is 6.89. The summed E-state index contributed by atoms with van der Waals surface area (Å²) in [6.45, 7) is 5.31. The highest BCUT2D eigenvalue weighted by Gasteiger charge is 2.21. The summed E-state index contributed by atoms with van der Waals surface area (Å²) in [6.07, 6.45) is 5.18. The minimum absolute atomic E-state index is 0.0666. The van der Waals surface area contributed by atoms with Gasteiger partial charge in [-0.05, 0) is 68.8 Å².